The second kappa shape index (κ2) is 5.99. The fourth-order valence-corrected chi connectivity index (χ4v) is 2.95. The molecular weight excluding hydrogens is 200 g/mol. The Morgan fingerprint density at radius 3 is 3.06 bits per heavy atom. The summed E-state index contributed by atoms with van der Waals surface area (Å²) in [5.74, 6) is 0.865. The zero-order valence-electron chi connectivity index (χ0n) is 10.7. The highest BCUT2D eigenvalue weighted by Gasteiger charge is 2.24. The normalized spacial score (nSPS) is 37.5. The van der Waals surface area contributed by atoms with Gasteiger partial charge < -0.3 is 15.0 Å². The zero-order chi connectivity index (χ0) is 11.4. The molecule has 0 spiro atoms. The molecule has 0 saturated carbocycles. The molecule has 0 radical (unpaired) electrons. The molecule has 2 aliphatic rings. The third-order valence-corrected chi connectivity index (χ3v) is 3.90. The van der Waals surface area contributed by atoms with E-state index in [1.54, 1.807) is 0 Å². The molecule has 2 heterocycles. The van der Waals surface area contributed by atoms with E-state index in [1.165, 1.54) is 38.9 Å². The summed E-state index contributed by atoms with van der Waals surface area (Å²) in [6.45, 7) is 10.4. The third kappa shape index (κ3) is 3.44. The summed E-state index contributed by atoms with van der Waals surface area (Å²) in [4.78, 5) is 2.63. The van der Waals surface area contributed by atoms with Crippen molar-refractivity contribution in [2.24, 2.45) is 5.92 Å². The standard InChI is InChI=1S/C13H26N2O/c1-3-13-8-12(4-7-16-13)10-15-6-5-14-11(2)9-15/h11-14H,3-10H2,1-2H3/t11-,12?,13?/m0/s1. The van der Waals surface area contributed by atoms with Crippen LogP contribution >= 0.6 is 0 Å². The van der Waals surface area contributed by atoms with E-state index in [2.05, 4.69) is 24.1 Å². The van der Waals surface area contributed by atoms with Gasteiger partial charge in [0, 0.05) is 38.8 Å². The van der Waals surface area contributed by atoms with E-state index in [-0.39, 0.29) is 0 Å². The molecule has 3 atom stereocenters. The Morgan fingerprint density at radius 1 is 1.44 bits per heavy atom. The van der Waals surface area contributed by atoms with E-state index in [1.807, 2.05) is 0 Å². The van der Waals surface area contributed by atoms with Crippen molar-refractivity contribution in [3.63, 3.8) is 0 Å². The Bertz CT molecular complexity index is 210. The fraction of sp³-hybridized carbons (Fsp3) is 1.00. The maximum absolute atomic E-state index is 5.74. The summed E-state index contributed by atoms with van der Waals surface area (Å²) in [6.07, 6.45) is 4.23. The van der Waals surface area contributed by atoms with Crippen molar-refractivity contribution in [1.82, 2.24) is 10.2 Å². The molecule has 2 unspecified atom stereocenters. The van der Waals surface area contributed by atoms with Crippen LogP contribution in [0.25, 0.3) is 0 Å². The van der Waals surface area contributed by atoms with E-state index >= 15 is 0 Å². The monoisotopic (exact) mass is 226 g/mol. The minimum atomic E-state index is 0.527. The van der Waals surface area contributed by atoms with Crippen LogP contribution in [0.2, 0.25) is 0 Å². The van der Waals surface area contributed by atoms with Crippen molar-refractivity contribution in [3.8, 4) is 0 Å². The van der Waals surface area contributed by atoms with E-state index in [4.69, 9.17) is 4.74 Å². The average Bonchev–Trinajstić information content (AvgIpc) is 2.29. The molecule has 2 aliphatic heterocycles. The van der Waals surface area contributed by atoms with Gasteiger partial charge in [0.1, 0.15) is 0 Å². The molecule has 2 rings (SSSR count). The van der Waals surface area contributed by atoms with E-state index < -0.39 is 0 Å². The minimum Gasteiger partial charge on any atom is -0.378 e. The van der Waals surface area contributed by atoms with Crippen molar-refractivity contribution in [1.29, 1.82) is 0 Å². The van der Waals surface area contributed by atoms with Gasteiger partial charge in [-0.2, -0.15) is 0 Å². The summed E-state index contributed by atoms with van der Waals surface area (Å²) < 4.78 is 5.74. The number of ether oxygens (including phenoxy) is 1. The van der Waals surface area contributed by atoms with Crippen LogP contribution in [0.15, 0.2) is 0 Å². The molecule has 0 bridgehead atoms. The molecule has 94 valence electrons. The highest BCUT2D eigenvalue weighted by molar-refractivity contribution is 4.79. The van der Waals surface area contributed by atoms with Crippen LogP contribution < -0.4 is 5.32 Å². The van der Waals surface area contributed by atoms with Gasteiger partial charge in [-0.3, -0.25) is 0 Å². The van der Waals surface area contributed by atoms with Crippen LogP contribution in [0.3, 0.4) is 0 Å². The predicted molar refractivity (Wildman–Crippen MR) is 66.7 cm³/mol. The lowest BCUT2D eigenvalue weighted by atomic mass is 9.93. The Balaban J connectivity index is 1.75. The van der Waals surface area contributed by atoms with Crippen molar-refractivity contribution < 1.29 is 4.74 Å². The Hall–Kier alpha value is -0.120. The van der Waals surface area contributed by atoms with Crippen molar-refractivity contribution in [2.45, 2.75) is 45.3 Å². The molecule has 1 N–H and O–H groups in total. The smallest absolute Gasteiger partial charge is 0.0575 e. The van der Waals surface area contributed by atoms with Gasteiger partial charge in [-0.1, -0.05) is 6.92 Å². The van der Waals surface area contributed by atoms with Crippen LogP contribution in [0.1, 0.15) is 33.1 Å². The van der Waals surface area contributed by atoms with Crippen LogP contribution in [0.5, 0.6) is 0 Å². The molecular formula is C13H26N2O. The van der Waals surface area contributed by atoms with Gasteiger partial charge in [0.2, 0.25) is 0 Å². The van der Waals surface area contributed by atoms with Crippen molar-refractivity contribution in [3.05, 3.63) is 0 Å². The number of rotatable bonds is 3. The van der Waals surface area contributed by atoms with Gasteiger partial charge in [0.25, 0.3) is 0 Å². The van der Waals surface area contributed by atoms with E-state index in [9.17, 15) is 0 Å². The zero-order valence-corrected chi connectivity index (χ0v) is 10.7. The Morgan fingerprint density at radius 2 is 2.31 bits per heavy atom. The Kier molecular flexibility index (Phi) is 4.62. The second-order valence-corrected chi connectivity index (χ2v) is 5.41. The number of piperazine rings is 1. The molecule has 0 aromatic carbocycles. The summed E-state index contributed by atoms with van der Waals surface area (Å²) in [5.41, 5.74) is 0. The second-order valence-electron chi connectivity index (χ2n) is 5.41. The van der Waals surface area contributed by atoms with Gasteiger partial charge in [0.05, 0.1) is 6.10 Å². The molecule has 0 aromatic rings. The van der Waals surface area contributed by atoms with Crippen molar-refractivity contribution >= 4 is 0 Å². The first-order chi connectivity index (χ1) is 7.78. The number of hydrogen-bond donors (Lipinski definition) is 1. The summed E-state index contributed by atoms with van der Waals surface area (Å²) in [6, 6.07) is 0.663. The molecule has 3 nitrogen and oxygen atoms in total. The summed E-state index contributed by atoms with van der Waals surface area (Å²) in [5, 5.41) is 3.50. The maximum atomic E-state index is 5.74. The molecule has 0 amide bonds. The summed E-state index contributed by atoms with van der Waals surface area (Å²) in [7, 11) is 0. The lowest BCUT2D eigenvalue weighted by Gasteiger charge is -2.37. The van der Waals surface area contributed by atoms with Gasteiger partial charge in [-0.25, -0.2) is 0 Å². The Labute approximate surface area is 99.5 Å². The first kappa shape index (κ1) is 12.3. The van der Waals surface area contributed by atoms with E-state index in [0.717, 1.165) is 19.1 Å². The number of nitrogens with zero attached hydrogens (tertiary/aromatic N) is 1. The fourth-order valence-electron chi connectivity index (χ4n) is 2.95. The molecule has 3 heteroatoms. The van der Waals surface area contributed by atoms with Crippen LogP contribution in [0, 0.1) is 5.92 Å². The molecule has 2 saturated heterocycles. The van der Waals surface area contributed by atoms with Gasteiger partial charge in [-0.15, -0.1) is 0 Å². The molecule has 2 fully saturated rings. The van der Waals surface area contributed by atoms with Crippen LogP contribution in [0.4, 0.5) is 0 Å². The van der Waals surface area contributed by atoms with Gasteiger partial charge >= 0.3 is 0 Å². The average molecular weight is 226 g/mol. The summed E-state index contributed by atoms with van der Waals surface area (Å²) >= 11 is 0. The quantitative estimate of drug-likeness (QED) is 0.789. The first-order valence-electron chi connectivity index (χ1n) is 6.85. The SMILES string of the molecule is CCC1CC(CN2CCN[C@@H](C)C2)CCO1. The highest BCUT2D eigenvalue weighted by Crippen LogP contribution is 2.23. The first-order valence-corrected chi connectivity index (χ1v) is 6.85. The minimum absolute atomic E-state index is 0.527. The maximum Gasteiger partial charge on any atom is 0.0575 e. The highest BCUT2D eigenvalue weighted by atomic mass is 16.5. The van der Waals surface area contributed by atoms with E-state index in [0.29, 0.717) is 12.1 Å². The molecule has 0 aromatic heterocycles. The lowest BCUT2D eigenvalue weighted by molar-refractivity contribution is -0.0191. The van der Waals surface area contributed by atoms with Crippen molar-refractivity contribution in [2.75, 3.05) is 32.8 Å². The van der Waals surface area contributed by atoms with Crippen LogP contribution in [-0.4, -0.2) is 49.8 Å². The predicted octanol–water partition coefficient (Wildman–Crippen LogP) is 1.49. The van der Waals surface area contributed by atoms with Gasteiger partial charge in [-0.05, 0) is 32.1 Å². The molecule has 16 heavy (non-hydrogen) atoms. The number of hydrogen-bond acceptors (Lipinski definition) is 3. The topological polar surface area (TPSA) is 24.5 Å². The van der Waals surface area contributed by atoms with Crippen LogP contribution in [-0.2, 0) is 4.74 Å². The van der Waals surface area contributed by atoms with Gasteiger partial charge in [0.15, 0.2) is 0 Å². The largest absolute Gasteiger partial charge is 0.378 e. The molecule has 0 aliphatic carbocycles. The third-order valence-electron chi connectivity index (χ3n) is 3.90. The number of nitrogens with one attached hydrogen (secondary N) is 1. The lowest BCUT2D eigenvalue weighted by Crippen LogP contribution is -2.50.